The number of hydrogen-bond acceptors (Lipinski definition) is 4. The minimum Gasteiger partial charge on any atom is -0.346 e. The summed E-state index contributed by atoms with van der Waals surface area (Å²) >= 11 is 0. The molecule has 0 unspecified atom stereocenters. The zero-order valence-electron chi connectivity index (χ0n) is 9.69. The van der Waals surface area contributed by atoms with Gasteiger partial charge in [0.2, 0.25) is 0 Å². The Balaban J connectivity index is 2.04. The smallest absolute Gasteiger partial charge is 0.255 e. The molecule has 0 bridgehead atoms. The van der Waals surface area contributed by atoms with Crippen molar-refractivity contribution in [3.63, 3.8) is 0 Å². The number of amides is 1. The summed E-state index contributed by atoms with van der Waals surface area (Å²) < 4.78 is 0. The molecule has 0 aliphatic heterocycles. The number of nitrogens with zero attached hydrogens (tertiary/aromatic N) is 3. The Hall–Kier alpha value is -2.24. The van der Waals surface area contributed by atoms with Crippen LogP contribution in [0.15, 0.2) is 18.6 Å². The van der Waals surface area contributed by atoms with E-state index in [9.17, 15) is 4.79 Å². The quantitative estimate of drug-likeness (QED) is 0.816. The highest BCUT2D eigenvalue weighted by Crippen LogP contribution is 2.08. The first-order chi connectivity index (χ1) is 8.18. The van der Waals surface area contributed by atoms with Gasteiger partial charge < -0.3 is 5.32 Å². The van der Waals surface area contributed by atoms with Crippen LogP contribution in [0.25, 0.3) is 0 Å². The number of hydrogen-bond donors (Lipinski definition) is 2. The van der Waals surface area contributed by atoms with Crippen LogP contribution in [0.3, 0.4) is 0 Å². The lowest BCUT2D eigenvalue weighted by atomic mass is 10.2. The topological polar surface area (TPSA) is 83.6 Å². The lowest BCUT2D eigenvalue weighted by molar-refractivity contribution is 0.0949. The third-order valence-electron chi connectivity index (χ3n) is 2.43. The Morgan fingerprint density at radius 1 is 1.47 bits per heavy atom. The van der Waals surface area contributed by atoms with Crippen molar-refractivity contribution in [2.75, 3.05) is 0 Å². The first-order valence-corrected chi connectivity index (χ1v) is 5.23. The minimum absolute atomic E-state index is 0.146. The van der Waals surface area contributed by atoms with Crippen LogP contribution in [-0.2, 0) is 6.54 Å². The highest BCUT2D eigenvalue weighted by Gasteiger charge is 2.14. The maximum absolute atomic E-state index is 11.9. The largest absolute Gasteiger partial charge is 0.346 e. The fraction of sp³-hybridized carbons (Fsp3) is 0.273. The van der Waals surface area contributed by atoms with Crippen LogP contribution < -0.4 is 5.32 Å². The van der Waals surface area contributed by atoms with E-state index in [4.69, 9.17) is 0 Å². The number of carbonyl (C=O) groups is 1. The zero-order chi connectivity index (χ0) is 12.3. The van der Waals surface area contributed by atoms with E-state index in [1.807, 2.05) is 6.92 Å². The average Bonchev–Trinajstić information content (AvgIpc) is 2.67. The molecule has 6 nitrogen and oxygen atoms in total. The third-order valence-corrected chi connectivity index (χ3v) is 2.43. The van der Waals surface area contributed by atoms with E-state index in [-0.39, 0.29) is 5.91 Å². The van der Waals surface area contributed by atoms with Gasteiger partial charge in [0, 0.05) is 11.9 Å². The summed E-state index contributed by atoms with van der Waals surface area (Å²) in [6.45, 7) is 3.99. The fourth-order valence-corrected chi connectivity index (χ4v) is 1.57. The minimum atomic E-state index is -0.146. The number of nitrogens with one attached hydrogen (secondary N) is 2. The summed E-state index contributed by atoms with van der Waals surface area (Å²) in [7, 11) is 0. The molecule has 88 valence electrons. The second-order valence-corrected chi connectivity index (χ2v) is 3.69. The normalized spacial score (nSPS) is 10.2. The standard InChI is InChI=1S/C11H13N5O/c1-7-10(8(2)16-15-7)11(17)13-5-9-3-4-12-6-14-9/h3-4,6H,5H2,1-2H3,(H,13,17)(H,15,16). The summed E-state index contributed by atoms with van der Waals surface area (Å²) in [5.41, 5.74) is 2.83. The Kier molecular flexibility index (Phi) is 3.13. The molecule has 0 aliphatic rings. The molecule has 6 heteroatoms. The van der Waals surface area contributed by atoms with E-state index in [0.29, 0.717) is 17.8 Å². The van der Waals surface area contributed by atoms with Crippen LogP contribution in [-0.4, -0.2) is 26.1 Å². The summed E-state index contributed by atoms with van der Waals surface area (Å²) in [6, 6.07) is 1.76. The van der Waals surface area contributed by atoms with Gasteiger partial charge in [-0.1, -0.05) is 0 Å². The second-order valence-electron chi connectivity index (χ2n) is 3.69. The predicted octanol–water partition coefficient (Wildman–Crippen LogP) is 0.747. The fourth-order valence-electron chi connectivity index (χ4n) is 1.57. The van der Waals surface area contributed by atoms with Crippen molar-refractivity contribution in [3.05, 3.63) is 41.2 Å². The first kappa shape index (κ1) is 11.3. The molecular weight excluding hydrogens is 218 g/mol. The molecule has 2 aromatic heterocycles. The lowest BCUT2D eigenvalue weighted by Crippen LogP contribution is -2.24. The molecule has 2 heterocycles. The number of rotatable bonds is 3. The van der Waals surface area contributed by atoms with Gasteiger partial charge >= 0.3 is 0 Å². The zero-order valence-corrected chi connectivity index (χ0v) is 9.69. The molecule has 0 spiro atoms. The van der Waals surface area contributed by atoms with Gasteiger partial charge in [-0.2, -0.15) is 5.10 Å². The number of aromatic nitrogens is 4. The molecule has 0 radical (unpaired) electrons. The van der Waals surface area contributed by atoms with E-state index in [2.05, 4.69) is 25.5 Å². The van der Waals surface area contributed by atoms with E-state index >= 15 is 0 Å². The number of carbonyl (C=O) groups excluding carboxylic acids is 1. The molecule has 0 aliphatic carbocycles. The van der Waals surface area contributed by atoms with Crippen molar-refractivity contribution in [2.45, 2.75) is 20.4 Å². The van der Waals surface area contributed by atoms with Crippen molar-refractivity contribution >= 4 is 5.91 Å². The molecule has 0 saturated carbocycles. The van der Waals surface area contributed by atoms with Crippen LogP contribution in [0, 0.1) is 13.8 Å². The van der Waals surface area contributed by atoms with Crippen LogP contribution in [0.4, 0.5) is 0 Å². The number of aromatic amines is 1. The molecule has 17 heavy (non-hydrogen) atoms. The second kappa shape index (κ2) is 4.73. The number of aryl methyl sites for hydroxylation is 2. The molecule has 2 aromatic rings. The first-order valence-electron chi connectivity index (χ1n) is 5.23. The molecule has 2 rings (SSSR count). The van der Waals surface area contributed by atoms with Gasteiger partial charge in [0.1, 0.15) is 6.33 Å². The van der Waals surface area contributed by atoms with Crippen LogP contribution >= 0.6 is 0 Å². The molecule has 0 saturated heterocycles. The van der Waals surface area contributed by atoms with Crippen molar-refractivity contribution in [3.8, 4) is 0 Å². The van der Waals surface area contributed by atoms with E-state index < -0.39 is 0 Å². The monoisotopic (exact) mass is 231 g/mol. The van der Waals surface area contributed by atoms with Gasteiger partial charge in [-0.15, -0.1) is 0 Å². The molecular formula is C11H13N5O. The summed E-state index contributed by atoms with van der Waals surface area (Å²) in [5.74, 6) is -0.146. The molecule has 0 atom stereocenters. The van der Waals surface area contributed by atoms with E-state index in [1.165, 1.54) is 6.33 Å². The van der Waals surface area contributed by atoms with E-state index in [1.54, 1.807) is 19.2 Å². The molecule has 0 fully saturated rings. The van der Waals surface area contributed by atoms with Gasteiger partial charge in [0.05, 0.1) is 23.5 Å². The van der Waals surface area contributed by atoms with Gasteiger partial charge in [0.15, 0.2) is 0 Å². The Labute approximate surface area is 98.5 Å². The van der Waals surface area contributed by atoms with Gasteiger partial charge in [-0.05, 0) is 19.9 Å². The summed E-state index contributed by atoms with van der Waals surface area (Å²) in [5, 5.41) is 9.55. The Bertz CT molecular complexity index is 500. The van der Waals surface area contributed by atoms with E-state index in [0.717, 1.165) is 11.4 Å². The van der Waals surface area contributed by atoms with Gasteiger partial charge in [0.25, 0.3) is 5.91 Å². The highest BCUT2D eigenvalue weighted by molar-refractivity contribution is 5.96. The van der Waals surface area contributed by atoms with Crippen LogP contribution in [0.2, 0.25) is 0 Å². The summed E-state index contributed by atoms with van der Waals surface area (Å²) in [6.07, 6.45) is 3.10. The maximum atomic E-state index is 11.9. The van der Waals surface area contributed by atoms with Crippen LogP contribution in [0.1, 0.15) is 27.4 Å². The summed E-state index contributed by atoms with van der Waals surface area (Å²) in [4.78, 5) is 19.7. The molecule has 0 aromatic carbocycles. The van der Waals surface area contributed by atoms with Crippen molar-refractivity contribution < 1.29 is 4.79 Å². The highest BCUT2D eigenvalue weighted by atomic mass is 16.1. The molecule has 2 N–H and O–H groups in total. The Morgan fingerprint density at radius 2 is 2.29 bits per heavy atom. The third kappa shape index (κ3) is 2.47. The SMILES string of the molecule is Cc1n[nH]c(C)c1C(=O)NCc1ccncn1. The lowest BCUT2D eigenvalue weighted by Gasteiger charge is -2.04. The van der Waals surface area contributed by atoms with Gasteiger partial charge in [-0.25, -0.2) is 9.97 Å². The van der Waals surface area contributed by atoms with Crippen molar-refractivity contribution in [1.82, 2.24) is 25.5 Å². The van der Waals surface area contributed by atoms with Crippen LogP contribution in [0.5, 0.6) is 0 Å². The predicted molar refractivity (Wildman–Crippen MR) is 61.3 cm³/mol. The van der Waals surface area contributed by atoms with Crippen molar-refractivity contribution in [2.24, 2.45) is 0 Å². The van der Waals surface area contributed by atoms with Gasteiger partial charge in [-0.3, -0.25) is 9.89 Å². The maximum Gasteiger partial charge on any atom is 0.255 e. The molecule has 1 amide bonds. The van der Waals surface area contributed by atoms with Crippen molar-refractivity contribution in [1.29, 1.82) is 0 Å². The average molecular weight is 231 g/mol. The Morgan fingerprint density at radius 3 is 2.88 bits per heavy atom. The number of H-pyrrole nitrogens is 1.